The molecule has 0 amide bonds. The first-order valence-electron chi connectivity index (χ1n) is 7.83. The average Bonchev–Trinajstić information content (AvgIpc) is 2.35. The van der Waals surface area contributed by atoms with E-state index in [1.165, 1.54) is 12.1 Å². The summed E-state index contributed by atoms with van der Waals surface area (Å²) < 4.78 is 45.2. The Balaban J connectivity index is 3.44. The lowest BCUT2D eigenvalue weighted by atomic mass is 9.99. The largest absolute Gasteiger partial charge is 0.543 e. The number of rotatable bonds is 4. The molecule has 0 aromatic heterocycles. The van der Waals surface area contributed by atoms with Crippen LogP contribution in [0.25, 0.3) is 0 Å². The third kappa shape index (κ3) is 4.52. The first kappa shape index (κ1) is 20.5. The molecule has 1 aromatic rings. The number of nitrogens with zero attached hydrogens (tertiary/aromatic N) is 1. The second kappa shape index (κ2) is 6.78. The van der Waals surface area contributed by atoms with E-state index in [0.29, 0.717) is 5.75 Å². The summed E-state index contributed by atoms with van der Waals surface area (Å²) >= 11 is 0. The van der Waals surface area contributed by atoms with Crippen LogP contribution in [0.15, 0.2) is 23.4 Å². The van der Waals surface area contributed by atoms with Crippen molar-refractivity contribution in [2.45, 2.75) is 64.8 Å². The van der Waals surface area contributed by atoms with Gasteiger partial charge in [0, 0.05) is 5.56 Å². The van der Waals surface area contributed by atoms with Crippen molar-refractivity contribution in [3.8, 4) is 5.75 Å². The Bertz CT molecular complexity index is 617. The van der Waals surface area contributed by atoms with Crippen molar-refractivity contribution in [2.75, 3.05) is 0 Å². The Morgan fingerprint density at radius 2 is 1.71 bits per heavy atom. The standard InChI is InChI=1S/C17H26F3NO2Si/c1-11(2)13-9-8-12(15(21-22)17(18,19)20)10-14(13)23-24(6,7)16(3,4)5/h8-11,22H,1-7H3/b21-15+. The number of hydrogen-bond donors (Lipinski definition) is 1. The Labute approximate surface area is 142 Å². The van der Waals surface area contributed by atoms with Gasteiger partial charge in [-0.05, 0) is 35.7 Å². The molecular weight excluding hydrogens is 335 g/mol. The normalized spacial score (nSPS) is 14.2. The van der Waals surface area contributed by atoms with Gasteiger partial charge in [0.15, 0.2) is 5.71 Å². The van der Waals surface area contributed by atoms with Gasteiger partial charge in [-0.15, -0.1) is 0 Å². The molecule has 24 heavy (non-hydrogen) atoms. The van der Waals surface area contributed by atoms with E-state index in [4.69, 9.17) is 9.63 Å². The van der Waals surface area contributed by atoms with Gasteiger partial charge in [0.05, 0.1) is 0 Å². The van der Waals surface area contributed by atoms with Crippen molar-refractivity contribution in [1.82, 2.24) is 0 Å². The Morgan fingerprint density at radius 1 is 1.17 bits per heavy atom. The van der Waals surface area contributed by atoms with E-state index in [0.717, 1.165) is 5.56 Å². The van der Waals surface area contributed by atoms with Gasteiger partial charge in [-0.2, -0.15) is 13.2 Å². The summed E-state index contributed by atoms with van der Waals surface area (Å²) in [5.41, 5.74) is -0.691. The van der Waals surface area contributed by atoms with E-state index in [9.17, 15) is 13.2 Å². The average molecular weight is 361 g/mol. The summed E-state index contributed by atoms with van der Waals surface area (Å²) in [7, 11) is -2.22. The van der Waals surface area contributed by atoms with Crippen LogP contribution >= 0.6 is 0 Å². The van der Waals surface area contributed by atoms with E-state index in [2.05, 4.69) is 25.9 Å². The van der Waals surface area contributed by atoms with Gasteiger partial charge in [-0.3, -0.25) is 0 Å². The molecule has 0 atom stereocenters. The van der Waals surface area contributed by atoms with E-state index >= 15 is 0 Å². The van der Waals surface area contributed by atoms with Gasteiger partial charge in [0.1, 0.15) is 5.75 Å². The molecule has 1 rings (SSSR count). The lowest BCUT2D eigenvalue weighted by Crippen LogP contribution is -2.44. The molecule has 0 unspecified atom stereocenters. The van der Waals surface area contributed by atoms with E-state index in [1.807, 2.05) is 26.9 Å². The van der Waals surface area contributed by atoms with Crippen LogP contribution in [0, 0.1) is 0 Å². The zero-order valence-corrected chi connectivity index (χ0v) is 16.2. The summed E-state index contributed by atoms with van der Waals surface area (Å²) in [5.74, 6) is 0.527. The van der Waals surface area contributed by atoms with Crippen molar-refractivity contribution < 1.29 is 22.8 Å². The highest BCUT2D eigenvalue weighted by Gasteiger charge is 2.41. The zero-order chi connectivity index (χ0) is 18.9. The summed E-state index contributed by atoms with van der Waals surface area (Å²) in [4.78, 5) is 0. The molecule has 0 aliphatic heterocycles. The van der Waals surface area contributed by atoms with Crippen molar-refractivity contribution in [3.63, 3.8) is 0 Å². The van der Waals surface area contributed by atoms with Crippen LogP contribution in [0.5, 0.6) is 5.75 Å². The van der Waals surface area contributed by atoms with Gasteiger partial charge >= 0.3 is 6.18 Å². The van der Waals surface area contributed by atoms with E-state index < -0.39 is 20.2 Å². The molecule has 0 heterocycles. The molecule has 1 N–H and O–H groups in total. The third-order valence-corrected chi connectivity index (χ3v) is 8.79. The maximum absolute atomic E-state index is 13.0. The lowest BCUT2D eigenvalue weighted by Gasteiger charge is -2.37. The lowest BCUT2D eigenvalue weighted by molar-refractivity contribution is -0.0601. The molecular formula is C17H26F3NO2Si. The van der Waals surface area contributed by atoms with Crippen LogP contribution in [0.4, 0.5) is 13.2 Å². The molecule has 0 aliphatic carbocycles. The highest BCUT2D eigenvalue weighted by molar-refractivity contribution is 6.74. The maximum atomic E-state index is 13.0. The first-order chi connectivity index (χ1) is 10.7. The first-order valence-corrected chi connectivity index (χ1v) is 10.7. The molecule has 0 aliphatic rings. The monoisotopic (exact) mass is 361 g/mol. The second-order valence-electron chi connectivity index (χ2n) is 7.72. The smallest absolute Gasteiger partial charge is 0.437 e. The number of oxime groups is 1. The highest BCUT2D eigenvalue weighted by Crippen LogP contribution is 2.40. The number of hydrogen-bond acceptors (Lipinski definition) is 3. The predicted octanol–water partition coefficient (Wildman–Crippen LogP) is 5.93. The highest BCUT2D eigenvalue weighted by atomic mass is 28.4. The van der Waals surface area contributed by atoms with Crippen LogP contribution in [0.2, 0.25) is 18.1 Å². The van der Waals surface area contributed by atoms with Crippen LogP contribution < -0.4 is 4.43 Å². The predicted molar refractivity (Wildman–Crippen MR) is 92.7 cm³/mol. The molecule has 3 nitrogen and oxygen atoms in total. The van der Waals surface area contributed by atoms with Crippen molar-refractivity contribution in [2.24, 2.45) is 5.16 Å². The molecule has 136 valence electrons. The summed E-state index contributed by atoms with van der Waals surface area (Å²) in [5, 5.41) is 11.1. The van der Waals surface area contributed by atoms with E-state index in [1.54, 1.807) is 6.07 Å². The Morgan fingerprint density at radius 3 is 2.08 bits per heavy atom. The summed E-state index contributed by atoms with van der Waals surface area (Å²) in [6.07, 6.45) is -4.73. The Kier molecular flexibility index (Phi) is 5.80. The van der Waals surface area contributed by atoms with E-state index in [-0.39, 0.29) is 16.5 Å². The minimum Gasteiger partial charge on any atom is -0.543 e. The van der Waals surface area contributed by atoms with Crippen LogP contribution in [0.1, 0.15) is 51.7 Å². The van der Waals surface area contributed by atoms with Crippen molar-refractivity contribution in [3.05, 3.63) is 29.3 Å². The fourth-order valence-electron chi connectivity index (χ4n) is 1.95. The van der Waals surface area contributed by atoms with Crippen LogP contribution in [0.3, 0.4) is 0 Å². The van der Waals surface area contributed by atoms with Gasteiger partial charge in [0.25, 0.3) is 0 Å². The molecule has 0 spiro atoms. The molecule has 0 radical (unpaired) electrons. The minimum absolute atomic E-state index is 0.0881. The second-order valence-corrected chi connectivity index (χ2v) is 12.4. The van der Waals surface area contributed by atoms with Crippen molar-refractivity contribution >= 4 is 14.0 Å². The van der Waals surface area contributed by atoms with Gasteiger partial charge in [-0.1, -0.05) is 51.9 Å². The SMILES string of the molecule is CC(C)c1ccc(/C(=N\O)C(F)(F)F)cc1O[Si](C)(C)C(C)(C)C. The van der Waals surface area contributed by atoms with Gasteiger partial charge in [-0.25, -0.2) is 0 Å². The zero-order valence-electron chi connectivity index (χ0n) is 15.2. The molecule has 7 heteroatoms. The van der Waals surface area contributed by atoms with Gasteiger partial charge < -0.3 is 9.63 Å². The molecule has 0 bridgehead atoms. The molecule has 0 saturated heterocycles. The van der Waals surface area contributed by atoms with Crippen LogP contribution in [-0.4, -0.2) is 25.4 Å². The molecule has 1 aromatic carbocycles. The fraction of sp³-hybridized carbons (Fsp3) is 0.588. The third-order valence-electron chi connectivity index (χ3n) is 4.45. The fourth-order valence-corrected chi connectivity index (χ4v) is 2.99. The topological polar surface area (TPSA) is 41.8 Å². The molecule has 0 fully saturated rings. The summed E-state index contributed by atoms with van der Waals surface area (Å²) in [6.45, 7) is 14.2. The number of halogens is 3. The van der Waals surface area contributed by atoms with Gasteiger partial charge in [0.2, 0.25) is 8.32 Å². The van der Waals surface area contributed by atoms with Crippen molar-refractivity contribution in [1.29, 1.82) is 0 Å². The minimum atomic E-state index is -4.73. The number of benzene rings is 1. The maximum Gasteiger partial charge on any atom is 0.437 e. The Hall–Kier alpha value is -1.50. The quantitative estimate of drug-likeness (QED) is 0.312. The van der Waals surface area contributed by atoms with Crippen LogP contribution in [-0.2, 0) is 0 Å². The summed E-state index contributed by atoms with van der Waals surface area (Å²) in [6, 6.07) is 4.26. The molecule has 0 saturated carbocycles. The number of alkyl halides is 3.